The Balaban J connectivity index is 2.67. The van der Waals surface area contributed by atoms with Crippen LogP contribution in [0.25, 0.3) is 0 Å². The molecule has 1 aromatic carbocycles. The summed E-state index contributed by atoms with van der Waals surface area (Å²) in [4.78, 5) is 22.7. The molecule has 0 aliphatic rings. The van der Waals surface area contributed by atoms with Gasteiger partial charge in [0.1, 0.15) is 5.82 Å². The first-order chi connectivity index (χ1) is 8.43. The number of amides is 1. The number of esters is 1. The van der Waals surface area contributed by atoms with E-state index in [0.717, 1.165) is 0 Å². The van der Waals surface area contributed by atoms with Gasteiger partial charge in [-0.2, -0.15) is 0 Å². The molecule has 1 rings (SSSR count). The zero-order valence-corrected chi connectivity index (χ0v) is 11.6. The van der Waals surface area contributed by atoms with Crippen molar-refractivity contribution in [3.63, 3.8) is 0 Å². The molecule has 0 bridgehead atoms. The third-order valence-corrected chi connectivity index (χ3v) is 2.75. The van der Waals surface area contributed by atoms with Crippen molar-refractivity contribution in [2.24, 2.45) is 0 Å². The van der Waals surface area contributed by atoms with Gasteiger partial charge in [-0.15, -0.1) is 0 Å². The van der Waals surface area contributed by atoms with Crippen molar-refractivity contribution < 1.29 is 18.7 Å². The van der Waals surface area contributed by atoms with E-state index < -0.39 is 23.7 Å². The summed E-state index contributed by atoms with van der Waals surface area (Å²) < 4.78 is 18.5. The van der Waals surface area contributed by atoms with Crippen molar-refractivity contribution in [1.29, 1.82) is 0 Å². The molecule has 4 nitrogen and oxygen atoms in total. The van der Waals surface area contributed by atoms with Crippen LogP contribution in [0, 0.1) is 5.82 Å². The van der Waals surface area contributed by atoms with Crippen LogP contribution in [-0.2, 0) is 9.53 Å². The Morgan fingerprint density at radius 1 is 1.50 bits per heavy atom. The number of rotatable bonds is 4. The summed E-state index contributed by atoms with van der Waals surface area (Å²) in [7, 11) is 1.27. The predicted molar refractivity (Wildman–Crippen MR) is 67.7 cm³/mol. The van der Waals surface area contributed by atoms with Crippen molar-refractivity contribution >= 4 is 27.8 Å². The van der Waals surface area contributed by atoms with Crippen LogP contribution in [-0.4, -0.2) is 25.0 Å². The summed E-state index contributed by atoms with van der Waals surface area (Å²) in [5.74, 6) is -1.61. The van der Waals surface area contributed by atoms with E-state index in [0.29, 0.717) is 4.47 Å². The molecule has 98 valence electrons. The zero-order valence-electron chi connectivity index (χ0n) is 10.00. The molecule has 18 heavy (non-hydrogen) atoms. The van der Waals surface area contributed by atoms with Crippen LogP contribution in [0.1, 0.15) is 23.7 Å². The van der Waals surface area contributed by atoms with Crippen LogP contribution in [0.15, 0.2) is 22.7 Å². The summed E-state index contributed by atoms with van der Waals surface area (Å²) in [5.41, 5.74) is -0.0603. The highest BCUT2D eigenvalue weighted by Gasteiger charge is 2.16. The first-order valence-electron chi connectivity index (χ1n) is 5.26. The van der Waals surface area contributed by atoms with E-state index in [1.807, 2.05) is 0 Å². The number of benzene rings is 1. The molecule has 1 amide bonds. The lowest BCUT2D eigenvalue weighted by molar-refractivity contribution is -0.141. The van der Waals surface area contributed by atoms with Gasteiger partial charge in [0.15, 0.2) is 0 Å². The highest BCUT2D eigenvalue weighted by atomic mass is 79.9. The van der Waals surface area contributed by atoms with E-state index in [4.69, 9.17) is 0 Å². The van der Waals surface area contributed by atoms with E-state index in [9.17, 15) is 14.0 Å². The maximum atomic E-state index is 13.5. The lowest BCUT2D eigenvalue weighted by atomic mass is 10.1. The topological polar surface area (TPSA) is 55.4 Å². The van der Waals surface area contributed by atoms with Gasteiger partial charge in [-0.05, 0) is 25.1 Å². The van der Waals surface area contributed by atoms with Gasteiger partial charge in [-0.1, -0.05) is 15.9 Å². The Kier molecular flexibility index (Phi) is 5.27. The molecule has 0 spiro atoms. The molecule has 0 aliphatic carbocycles. The van der Waals surface area contributed by atoms with Gasteiger partial charge in [-0.25, -0.2) is 4.39 Å². The molecule has 0 aliphatic heterocycles. The van der Waals surface area contributed by atoms with Crippen LogP contribution in [0.2, 0.25) is 0 Å². The fraction of sp³-hybridized carbons (Fsp3) is 0.333. The van der Waals surface area contributed by atoms with Gasteiger partial charge in [0.25, 0.3) is 5.91 Å². The molecule has 0 fully saturated rings. The van der Waals surface area contributed by atoms with E-state index >= 15 is 0 Å². The standard InChI is InChI=1S/C12H13BrFNO3/c1-7(5-11(16)18-2)15-12(17)9-4-3-8(13)6-10(9)14/h3-4,6-7H,5H2,1-2H3,(H,15,17). The molecular formula is C12H13BrFNO3. The molecule has 1 N–H and O–H groups in total. The Bertz CT molecular complexity index is 465. The summed E-state index contributed by atoms with van der Waals surface area (Å²) in [6.45, 7) is 1.64. The minimum atomic E-state index is -0.618. The van der Waals surface area contributed by atoms with Gasteiger partial charge in [0.2, 0.25) is 0 Å². The molecule has 1 atom stereocenters. The normalized spacial score (nSPS) is 11.8. The van der Waals surface area contributed by atoms with Gasteiger partial charge < -0.3 is 10.1 Å². The second kappa shape index (κ2) is 6.49. The number of nitrogens with one attached hydrogen (secondary N) is 1. The molecule has 0 aromatic heterocycles. The first-order valence-corrected chi connectivity index (χ1v) is 6.06. The Labute approximate surface area is 113 Å². The Morgan fingerprint density at radius 2 is 2.17 bits per heavy atom. The van der Waals surface area contributed by atoms with E-state index in [1.165, 1.54) is 19.2 Å². The largest absolute Gasteiger partial charge is 0.469 e. The van der Waals surface area contributed by atoms with Crippen molar-refractivity contribution in [3.05, 3.63) is 34.1 Å². The maximum absolute atomic E-state index is 13.5. The highest BCUT2D eigenvalue weighted by molar-refractivity contribution is 9.10. The quantitative estimate of drug-likeness (QED) is 0.867. The fourth-order valence-electron chi connectivity index (χ4n) is 1.36. The Hall–Kier alpha value is -1.43. The monoisotopic (exact) mass is 317 g/mol. The second-order valence-electron chi connectivity index (χ2n) is 3.78. The third kappa shape index (κ3) is 4.10. The van der Waals surface area contributed by atoms with Crippen molar-refractivity contribution in [1.82, 2.24) is 5.32 Å². The molecule has 0 saturated carbocycles. The maximum Gasteiger partial charge on any atom is 0.307 e. The minimum Gasteiger partial charge on any atom is -0.469 e. The van der Waals surface area contributed by atoms with Crippen LogP contribution in [0.3, 0.4) is 0 Å². The molecule has 0 heterocycles. The third-order valence-electron chi connectivity index (χ3n) is 2.25. The summed E-state index contributed by atoms with van der Waals surface area (Å²) in [6.07, 6.45) is 0.0421. The second-order valence-corrected chi connectivity index (χ2v) is 4.69. The van der Waals surface area contributed by atoms with Crippen molar-refractivity contribution in [2.45, 2.75) is 19.4 Å². The lowest BCUT2D eigenvalue weighted by Gasteiger charge is -2.13. The van der Waals surface area contributed by atoms with Crippen molar-refractivity contribution in [3.8, 4) is 0 Å². The van der Waals surface area contributed by atoms with E-state index in [1.54, 1.807) is 13.0 Å². The van der Waals surface area contributed by atoms with Gasteiger partial charge in [0.05, 0.1) is 19.1 Å². The van der Waals surface area contributed by atoms with Crippen LogP contribution >= 0.6 is 15.9 Å². The summed E-state index contributed by atoms with van der Waals surface area (Å²) in [5, 5.41) is 2.53. The zero-order chi connectivity index (χ0) is 13.7. The SMILES string of the molecule is COC(=O)CC(C)NC(=O)c1ccc(Br)cc1F. The first kappa shape index (κ1) is 14.6. The predicted octanol–water partition coefficient (Wildman–Crippen LogP) is 2.27. The fourth-order valence-corrected chi connectivity index (χ4v) is 1.69. The molecule has 0 radical (unpaired) electrons. The van der Waals surface area contributed by atoms with E-state index in [-0.39, 0.29) is 12.0 Å². The molecule has 6 heteroatoms. The average Bonchev–Trinajstić information content (AvgIpc) is 2.28. The van der Waals surface area contributed by atoms with Gasteiger partial charge in [0, 0.05) is 10.5 Å². The highest BCUT2D eigenvalue weighted by Crippen LogP contribution is 2.15. The smallest absolute Gasteiger partial charge is 0.307 e. The van der Waals surface area contributed by atoms with Crippen LogP contribution in [0.4, 0.5) is 4.39 Å². The average molecular weight is 318 g/mol. The number of halogens is 2. The van der Waals surface area contributed by atoms with Crippen LogP contribution < -0.4 is 5.32 Å². The van der Waals surface area contributed by atoms with Gasteiger partial charge >= 0.3 is 5.97 Å². The number of carbonyl (C=O) groups excluding carboxylic acids is 2. The lowest BCUT2D eigenvalue weighted by Crippen LogP contribution is -2.34. The molecule has 1 aromatic rings. The minimum absolute atomic E-state index is 0.0421. The molecule has 0 saturated heterocycles. The number of ether oxygens (including phenoxy) is 1. The van der Waals surface area contributed by atoms with Crippen molar-refractivity contribution in [2.75, 3.05) is 7.11 Å². The molecular weight excluding hydrogens is 305 g/mol. The Morgan fingerprint density at radius 3 is 2.72 bits per heavy atom. The van der Waals surface area contributed by atoms with Crippen LogP contribution in [0.5, 0.6) is 0 Å². The summed E-state index contributed by atoms with van der Waals surface area (Å²) >= 11 is 3.11. The van der Waals surface area contributed by atoms with Gasteiger partial charge in [-0.3, -0.25) is 9.59 Å². The van der Waals surface area contributed by atoms with E-state index in [2.05, 4.69) is 26.0 Å². The summed E-state index contributed by atoms with van der Waals surface area (Å²) in [6, 6.07) is 3.73. The number of hydrogen-bond donors (Lipinski definition) is 1. The number of carbonyl (C=O) groups is 2. The molecule has 1 unspecified atom stereocenters. The number of hydrogen-bond acceptors (Lipinski definition) is 3. The number of methoxy groups -OCH3 is 1.